The quantitative estimate of drug-likeness (QED) is 0.394. The molecule has 1 amide bonds. The molecule has 1 fully saturated rings. The van der Waals surface area contributed by atoms with Crippen LogP contribution < -0.4 is 20.1 Å². The molecule has 2 aliphatic rings. The first-order valence-corrected chi connectivity index (χ1v) is 13.6. The number of nitrogens with one attached hydrogen (secondary N) is 2. The lowest BCUT2D eigenvalue weighted by Gasteiger charge is -2.36. The molecule has 208 valence electrons. The van der Waals surface area contributed by atoms with Gasteiger partial charge in [0.15, 0.2) is 17.2 Å². The second-order valence-electron chi connectivity index (χ2n) is 11.0. The highest BCUT2D eigenvalue weighted by atomic mass is 19.1. The monoisotopic (exact) mass is 543 g/mol. The number of methoxy groups -OCH3 is 1. The van der Waals surface area contributed by atoms with E-state index in [-0.39, 0.29) is 28.5 Å². The van der Waals surface area contributed by atoms with Gasteiger partial charge in [0.1, 0.15) is 5.75 Å². The van der Waals surface area contributed by atoms with E-state index < -0.39 is 22.9 Å². The van der Waals surface area contributed by atoms with Crippen LogP contribution in [-0.4, -0.2) is 43.4 Å². The molecule has 3 aromatic carbocycles. The lowest BCUT2D eigenvalue weighted by atomic mass is 9.82. The molecule has 1 heterocycles. The van der Waals surface area contributed by atoms with Gasteiger partial charge < -0.3 is 25.2 Å². The van der Waals surface area contributed by atoms with Gasteiger partial charge in [-0.1, -0.05) is 30.3 Å². The number of halogens is 1. The third kappa shape index (κ3) is 5.03. The first-order valence-electron chi connectivity index (χ1n) is 13.6. The molecule has 40 heavy (non-hydrogen) atoms. The topological polar surface area (TPSA) is 104 Å². The largest absolute Gasteiger partial charge is 0.494 e. The number of nitrogens with zero attached hydrogens (tertiary/aromatic N) is 1. The van der Waals surface area contributed by atoms with Crippen molar-refractivity contribution in [1.82, 2.24) is 10.6 Å². The third-order valence-electron chi connectivity index (χ3n) is 8.25. The number of carbonyl (C=O) groups excluding carboxylic acids is 1. The van der Waals surface area contributed by atoms with E-state index in [0.717, 1.165) is 31.2 Å². The summed E-state index contributed by atoms with van der Waals surface area (Å²) in [5.41, 5.74) is 0.845. The van der Waals surface area contributed by atoms with Crippen LogP contribution in [0, 0.1) is 17.1 Å². The molecule has 0 saturated heterocycles. The summed E-state index contributed by atoms with van der Waals surface area (Å²) in [5, 5.41) is 26.7. The molecule has 1 atom stereocenters. The van der Waals surface area contributed by atoms with Crippen molar-refractivity contribution in [1.29, 1.82) is 5.26 Å². The van der Waals surface area contributed by atoms with Crippen molar-refractivity contribution in [3.05, 3.63) is 82.7 Å². The summed E-state index contributed by atoms with van der Waals surface area (Å²) in [5.74, 6) is -0.664. The first kappa shape index (κ1) is 27.6. The van der Waals surface area contributed by atoms with Gasteiger partial charge in [0.25, 0.3) is 5.91 Å². The molecule has 0 bridgehead atoms. The highest BCUT2D eigenvalue weighted by molar-refractivity contribution is 6.02. The van der Waals surface area contributed by atoms with Gasteiger partial charge in [0.05, 0.1) is 29.9 Å². The average molecular weight is 544 g/mol. The Morgan fingerprint density at radius 3 is 2.52 bits per heavy atom. The molecule has 1 aliphatic heterocycles. The molecule has 1 saturated carbocycles. The zero-order valence-corrected chi connectivity index (χ0v) is 23.0. The molecule has 3 N–H and O–H groups in total. The van der Waals surface area contributed by atoms with Crippen molar-refractivity contribution in [3.8, 4) is 28.7 Å². The van der Waals surface area contributed by atoms with E-state index >= 15 is 4.39 Å². The van der Waals surface area contributed by atoms with Crippen LogP contribution in [0.4, 0.5) is 4.39 Å². The fraction of sp³-hybridized carbons (Fsp3) is 0.375. The second kappa shape index (κ2) is 10.9. The summed E-state index contributed by atoms with van der Waals surface area (Å²) in [6.07, 6.45) is 3.49. The number of ether oxygens (including phenoxy) is 2. The normalized spacial score (nSPS) is 23.6. The van der Waals surface area contributed by atoms with Gasteiger partial charge >= 0.3 is 0 Å². The molecule has 0 unspecified atom stereocenters. The molecule has 7 nitrogen and oxygen atoms in total. The van der Waals surface area contributed by atoms with Crippen molar-refractivity contribution < 1.29 is 23.8 Å². The van der Waals surface area contributed by atoms with Crippen LogP contribution in [-0.2, 0) is 12.0 Å². The maximum Gasteiger partial charge on any atom is 0.251 e. The number of benzene rings is 3. The highest BCUT2D eigenvalue weighted by Crippen LogP contribution is 2.48. The van der Waals surface area contributed by atoms with E-state index in [1.807, 2.05) is 37.3 Å². The minimum atomic E-state index is -0.824. The van der Waals surface area contributed by atoms with E-state index in [2.05, 4.69) is 16.7 Å². The third-order valence-corrected chi connectivity index (χ3v) is 8.25. The minimum Gasteiger partial charge on any atom is -0.494 e. The molecular formula is C32H34FN3O4. The molecule has 8 heteroatoms. The molecule has 0 spiro atoms. The predicted molar refractivity (Wildman–Crippen MR) is 150 cm³/mol. The Labute approximate surface area is 233 Å². The van der Waals surface area contributed by atoms with Gasteiger partial charge in [-0.3, -0.25) is 4.79 Å². The minimum absolute atomic E-state index is 0.0158. The number of rotatable bonds is 7. The number of fused-ring (bicyclic) bond motifs is 1. The van der Waals surface area contributed by atoms with Crippen LogP contribution >= 0.6 is 0 Å². The van der Waals surface area contributed by atoms with E-state index in [1.165, 1.54) is 26.3 Å². The number of hydrogen-bond donors (Lipinski definition) is 3. The van der Waals surface area contributed by atoms with Crippen LogP contribution in [0.2, 0.25) is 0 Å². The standard InChI is InChI=1S/C32H34FN3O4/c1-31(38)15-13-22(14-16-31)36-19-32(21-7-5-4-6-8-21)17-24-25(40-32)11-9-20(18-34)27(24)28-23(30(37)35-2)10-12-26(39-3)29(28)33/h4-12,22,36,38H,13-17,19H2,1-3H3,(H,35,37)/t22?,31?,32-/m1/s1. The summed E-state index contributed by atoms with van der Waals surface area (Å²) < 4.78 is 28.0. The van der Waals surface area contributed by atoms with Crippen LogP contribution in [0.3, 0.4) is 0 Å². The fourth-order valence-electron chi connectivity index (χ4n) is 5.95. The molecular weight excluding hydrogens is 509 g/mol. The molecule has 0 aromatic heterocycles. The Kier molecular flexibility index (Phi) is 7.54. The van der Waals surface area contributed by atoms with Gasteiger partial charge in [-0.25, -0.2) is 4.39 Å². The van der Waals surface area contributed by atoms with Crippen LogP contribution in [0.25, 0.3) is 11.1 Å². The zero-order chi connectivity index (χ0) is 28.5. The van der Waals surface area contributed by atoms with Crippen LogP contribution in [0.1, 0.15) is 59.7 Å². The maximum absolute atomic E-state index is 16.0. The Balaban J connectivity index is 1.61. The predicted octanol–water partition coefficient (Wildman–Crippen LogP) is 4.85. The first-order chi connectivity index (χ1) is 19.2. The van der Waals surface area contributed by atoms with E-state index in [1.54, 1.807) is 12.1 Å². The lowest BCUT2D eigenvalue weighted by molar-refractivity contribution is 0.0104. The zero-order valence-electron chi connectivity index (χ0n) is 23.0. The van der Waals surface area contributed by atoms with Gasteiger partial charge in [0, 0.05) is 42.7 Å². The summed E-state index contributed by atoms with van der Waals surface area (Å²) in [6, 6.07) is 18.6. The highest BCUT2D eigenvalue weighted by Gasteiger charge is 2.44. The summed E-state index contributed by atoms with van der Waals surface area (Å²) >= 11 is 0. The SMILES string of the molecule is CNC(=O)c1ccc(OC)c(F)c1-c1c(C#N)ccc2c1C[C@@](CNC1CCC(C)(O)CC1)(c1ccccc1)O2. The number of carbonyl (C=O) groups is 1. The van der Waals surface area contributed by atoms with Gasteiger partial charge in [-0.15, -0.1) is 0 Å². The number of hydrogen-bond acceptors (Lipinski definition) is 6. The maximum atomic E-state index is 16.0. The van der Waals surface area contributed by atoms with Gasteiger partial charge in [-0.2, -0.15) is 5.26 Å². The summed E-state index contributed by atoms with van der Waals surface area (Å²) in [6.45, 7) is 2.35. The van der Waals surface area contributed by atoms with Crippen molar-refractivity contribution in [2.75, 3.05) is 20.7 Å². The van der Waals surface area contributed by atoms with Gasteiger partial charge in [0.2, 0.25) is 0 Å². The Morgan fingerprint density at radius 2 is 1.88 bits per heavy atom. The molecule has 1 aliphatic carbocycles. The summed E-state index contributed by atoms with van der Waals surface area (Å²) in [4.78, 5) is 12.9. The van der Waals surface area contributed by atoms with E-state index in [0.29, 0.717) is 29.8 Å². The Hall–Kier alpha value is -3.93. The Morgan fingerprint density at radius 1 is 1.15 bits per heavy atom. The smallest absolute Gasteiger partial charge is 0.251 e. The molecule has 3 aromatic rings. The van der Waals surface area contributed by atoms with Crippen molar-refractivity contribution in [3.63, 3.8) is 0 Å². The number of amides is 1. The van der Waals surface area contributed by atoms with Crippen LogP contribution in [0.15, 0.2) is 54.6 Å². The van der Waals surface area contributed by atoms with Crippen molar-refractivity contribution in [2.45, 2.75) is 56.3 Å². The van der Waals surface area contributed by atoms with Crippen molar-refractivity contribution in [2.24, 2.45) is 0 Å². The fourth-order valence-corrected chi connectivity index (χ4v) is 5.95. The number of nitriles is 1. The summed E-state index contributed by atoms with van der Waals surface area (Å²) in [7, 11) is 2.84. The van der Waals surface area contributed by atoms with Gasteiger partial charge in [-0.05, 0) is 62.4 Å². The average Bonchev–Trinajstić information content (AvgIpc) is 3.36. The van der Waals surface area contributed by atoms with Crippen molar-refractivity contribution >= 4 is 5.91 Å². The van der Waals surface area contributed by atoms with E-state index in [4.69, 9.17) is 9.47 Å². The number of aliphatic hydroxyl groups is 1. The van der Waals surface area contributed by atoms with Crippen LogP contribution in [0.5, 0.6) is 11.5 Å². The lowest BCUT2D eigenvalue weighted by Crippen LogP contribution is -2.48. The molecule has 5 rings (SSSR count). The van der Waals surface area contributed by atoms with E-state index in [9.17, 15) is 15.2 Å². The second-order valence-corrected chi connectivity index (χ2v) is 11.0. The Bertz CT molecular complexity index is 1460. The molecule has 0 radical (unpaired) electrons.